The molecule has 1 aromatic heterocycles. The van der Waals surface area contributed by atoms with Gasteiger partial charge in [-0.1, -0.05) is 17.4 Å². The highest BCUT2D eigenvalue weighted by Crippen LogP contribution is 2.29. The third-order valence-electron chi connectivity index (χ3n) is 5.18. The molecule has 0 radical (unpaired) electrons. The number of hydrogen-bond acceptors (Lipinski definition) is 6. The van der Waals surface area contributed by atoms with Crippen molar-refractivity contribution in [3.63, 3.8) is 0 Å². The number of benzene rings is 2. The Balaban J connectivity index is 1.57. The summed E-state index contributed by atoms with van der Waals surface area (Å²) in [5.41, 5.74) is 3.53. The minimum atomic E-state index is -3.28. The first-order chi connectivity index (χ1) is 13.8. The molecule has 0 bridgehead atoms. The second-order valence-electron chi connectivity index (χ2n) is 7.42. The number of piperidine rings is 1. The van der Waals surface area contributed by atoms with Crippen LogP contribution in [0.3, 0.4) is 0 Å². The summed E-state index contributed by atoms with van der Waals surface area (Å²) in [6.07, 6.45) is 4.79. The number of carbonyl (C=O) groups is 1. The molecule has 0 aliphatic carbocycles. The molecule has 1 N–H and O–H groups in total. The summed E-state index contributed by atoms with van der Waals surface area (Å²) in [6, 6.07) is 10.6. The van der Waals surface area contributed by atoms with Crippen LogP contribution in [-0.4, -0.2) is 38.7 Å². The standard InChI is InChI=1S/C21H23N3O3S2/c1-14-6-7-15(12-18(14)24-10-4-3-5-11-24)20(25)23-21-22-17-9-8-16(29(2,26)27)13-19(17)28-21/h6-9,12-13H,3-5,10-11H2,1-2H3,(H,22,23,25). The number of aromatic nitrogens is 1. The molecule has 3 aromatic rings. The highest BCUT2D eigenvalue weighted by Gasteiger charge is 2.17. The zero-order valence-electron chi connectivity index (χ0n) is 16.4. The molecule has 1 aliphatic heterocycles. The van der Waals surface area contributed by atoms with Gasteiger partial charge in [-0.05, 0) is 62.1 Å². The van der Waals surface area contributed by atoms with Crippen LogP contribution < -0.4 is 10.2 Å². The zero-order valence-corrected chi connectivity index (χ0v) is 18.1. The van der Waals surface area contributed by atoms with Crippen molar-refractivity contribution in [2.75, 3.05) is 29.6 Å². The van der Waals surface area contributed by atoms with Crippen molar-refractivity contribution in [2.45, 2.75) is 31.1 Å². The van der Waals surface area contributed by atoms with Gasteiger partial charge < -0.3 is 4.90 Å². The summed E-state index contributed by atoms with van der Waals surface area (Å²) in [6.45, 7) is 4.11. The van der Waals surface area contributed by atoms with E-state index < -0.39 is 9.84 Å². The summed E-state index contributed by atoms with van der Waals surface area (Å²) >= 11 is 1.27. The Morgan fingerprint density at radius 2 is 1.86 bits per heavy atom. The van der Waals surface area contributed by atoms with Crippen molar-refractivity contribution in [1.82, 2.24) is 4.98 Å². The van der Waals surface area contributed by atoms with Gasteiger partial charge in [0.25, 0.3) is 5.91 Å². The van der Waals surface area contributed by atoms with Gasteiger partial charge in [0.2, 0.25) is 0 Å². The molecule has 1 fully saturated rings. The molecule has 29 heavy (non-hydrogen) atoms. The van der Waals surface area contributed by atoms with E-state index >= 15 is 0 Å². The Morgan fingerprint density at radius 1 is 1.10 bits per heavy atom. The van der Waals surface area contributed by atoms with E-state index in [4.69, 9.17) is 0 Å². The fraction of sp³-hybridized carbons (Fsp3) is 0.333. The van der Waals surface area contributed by atoms with Crippen molar-refractivity contribution in [1.29, 1.82) is 0 Å². The van der Waals surface area contributed by atoms with Crippen molar-refractivity contribution in [3.05, 3.63) is 47.5 Å². The smallest absolute Gasteiger partial charge is 0.257 e. The Kier molecular flexibility index (Phi) is 5.31. The third kappa shape index (κ3) is 4.28. The van der Waals surface area contributed by atoms with Gasteiger partial charge in [0.05, 0.1) is 15.1 Å². The van der Waals surface area contributed by atoms with Crippen LogP contribution in [0.1, 0.15) is 35.2 Å². The predicted octanol–water partition coefficient (Wildman–Crippen LogP) is 4.25. The summed E-state index contributed by atoms with van der Waals surface area (Å²) in [7, 11) is -3.28. The lowest BCUT2D eigenvalue weighted by molar-refractivity contribution is 0.102. The number of carbonyl (C=O) groups excluding carboxylic acids is 1. The SMILES string of the molecule is Cc1ccc(C(=O)Nc2nc3ccc(S(C)(=O)=O)cc3s2)cc1N1CCCCC1. The molecule has 1 aliphatic rings. The molecule has 4 rings (SSSR count). The number of rotatable bonds is 4. The topological polar surface area (TPSA) is 79.4 Å². The second kappa shape index (κ2) is 7.76. The van der Waals surface area contributed by atoms with Gasteiger partial charge in [-0.25, -0.2) is 13.4 Å². The van der Waals surface area contributed by atoms with Crippen molar-refractivity contribution < 1.29 is 13.2 Å². The molecule has 1 saturated heterocycles. The Labute approximate surface area is 174 Å². The van der Waals surface area contributed by atoms with Crippen molar-refractivity contribution >= 4 is 48.1 Å². The molecule has 8 heteroatoms. The molecule has 152 valence electrons. The predicted molar refractivity (Wildman–Crippen MR) is 118 cm³/mol. The van der Waals surface area contributed by atoms with E-state index in [2.05, 4.69) is 22.1 Å². The first-order valence-electron chi connectivity index (χ1n) is 9.59. The number of nitrogens with one attached hydrogen (secondary N) is 1. The molecule has 2 heterocycles. The Bertz CT molecular complexity index is 1180. The lowest BCUT2D eigenvalue weighted by Crippen LogP contribution is -2.30. The molecule has 6 nitrogen and oxygen atoms in total. The van der Waals surface area contributed by atoms with Gasteiger partial charge >= 0.3 is 0 Å². The highest BCUT2D eigenvalue weighted by atomic mass is 32.2. The Morgan fingerprint density at radius 3 is 2.59 bits per heavy atom. The first-order valence-corrected chi connectivity index (χ1v) is 12.3. The average Bonchev–Trinajstić information content (AvgIpc) is 3.09. The van der Waals surface area contributed by atoms with E-state index in [0.717, 1.165) is 29.0 Å². The fourth-order valence-corrected chi connectivity index (χ4v) is 5.21. The second-order valence-corrected chi connectivity index (χ2v) is 10.5. The average molecular weight is 430 g/mol. The number of nitrogens with zero attached hydrogens (tertiary/aromatic N) is 2. The minimum absolute atomic E-state index is 0.217. The van der Waals surface area contributed by atoms with Crippen LogP contribution in [0.2, 0.25) is 0 Å². The maximum atomic E-state index is 12.8. The number of fused-ring (bicyclic) bond motifs is 1. The molecular formula is C21H23N3O3S2. The fourth-order valence-electron chi connectivity index (χ4n) is 3.58. The molecule has 1 amide bonds. The number of thiazole rings is 1. The highest BCUT2D eigenvalue weighted by molar-refractivity contribution is 7.90. The van der Waals surface area contributed by atoms with E-state index in [-0.39, 0.29) is 10.8 Å². The van der Waals surface area contributed by atoms with Crippen LogP contribution in [-0.2, 0) is 9.84 Å². The van der Waals surface area contributed by atoms with E-state index in [0.29, 0.717) is 16.2 Å². The van der Waals surface area contributed by atoms with Gasteiger partial charge in [0.1, 0.15) is 0 Å². The lowest BCUT2D eigenvalue weighted by atomic mass is 10.1. The number of aryl methyl sites for hydroxylation is 1. The van der Waals surface area contributed by atoms with E-state index in [1.807, 2.05) is 18.2 Å². The summed E-state index contributed by atoms with van der Waals surface area (Å²) in [5.74, 6) is -0.217. The van der Waals surface area contributed by atoms with Crippen LogP contribution >= 0.6 is 11.3 Å². The zero-order chi connectivity index (χ0) is 20.6. The first kappa shape index (κ1) is 19.8. The van der Waals surface area contributed by atoms with Crippen LogP contribution in [0, 0.1) is 6.92 Å². The van der Waals surface area contributed by atoms with Gasteiger partial charge in [0, 0.05) is 30.6 Å². The monoisotopic (exact) mass is 429 g/mol. The molecular weight excluding hydrogens is 406 g/mol. The third-order valence-corrected chi connectivity index (χ3v) is 7.22. The van der Waals surface area contributed by atoms with Gasteiger partial charge in [-0.15, -0.1) is 0 Å². The maximum Gasteiger partial charge on any atom is 0.257 e. The van der Waals surface area contributed by atoms with Crippen LogP contribution in [0.4, 0.5) is 10.8 Å². The molecule has 0 saturated carbocycles. The number of anilines is 2. The molecule has 0 spiro atoms. The molecule has 2 aromatic carbocycles. The molecule has 0 unspecified atom stereocenters. The summed E-state index contributed by atoms with van der Waals surface area (Å²) < 4.78 is 24.2. The maximum absolute atomic E-state index is 12.8. The van der Waals surface area contributed by atoms with Crippen molar-refractivity contribution in [3.8, 4) is 0 Å². The van der Waals surface area contributed by atoms with Crippen LogP contribution in [0.25, 0.3) is 10.2 Å². The number of amides is 1. The van der Waals surface area contributed by atoms with Gasteiger partial charge in [-0.3, -0.25) is 10.1 Å². The van der Waals surface area contributed by atoms with Gasteiger partial charge in [-0.2, -0.15) is 0 Å². The van der Waals surface area contributed by atoms with Crippen LogP contribution in [0.5, 0.6) is 0 Å². The van der Waals surface area contributed by atoms with Crippen molar-refractivity contribution in [2.24, 2.45) is 0 Å². The van der Waals surface area contributed by atoms with E-state index in [1.54, 1.807) is 12.1 Å². The minimum Gasteiger partial charge on any atom is -0.371 e. The van der Waals surface area contributed by atoms with E-state index in [9.17, 15) is 13.2 Å². The normalized spacial score (nSPS) is 14.9. The Hall–Kier alpha value is -2.45. The van der Waals surface area contributed by atoms with Gasteiger partial charge in [0.15, 0.2) is 15.0 Å². The lowest BCUT2D eigenvalue weighted by Gasteiger charge is -2.30. The van der Waals surface area contributed by atoms with E-state index in [1.165, 1.54) is 42.9 Å². The summed E-state index contributed by atoms with van der Waals surface area (Å²) in [4.78, 5) is 19.8. The number of sulfone groups is 1. The largest absolute Gasteiger partial charge is 0.371 e. The molecule has 0 atom stereocenters. The number of hydrogen-bond donors (Lipinski definition) is 1. The summed E-state index contributed by atoms with van der Waals surface area (Å²) in [5, 5.41) is 3.31. The van der Waals surface area contributed by atoms with Crippen LogP contribution in [0.15, 0.2) is 41.3 Å². The quantitative estimate of drug-likeness (QED) is 0.671.